The number of esters is 1. The van der Waals surface area contributed by atoms with Gasteiger partial charge in [-0.2, -0.15) is 18.2 Å². The Morgan fingerprint density at radius 1 is 1.15 bits per heavy atom. The number of benzene rings is 1. The zero-order valence-corrected chi connectivity index (χ0v) is 15.5. The van der Waals surface area contributed by atoms with Crippen LogP contribution in [0.4, 0.5) is 24.8 Å². The number of carbonyl (C=O) groups is 1. The highest BCUT2D eigenvalue weighted by molar-refractivity contribution is 6.29. The van der Waals surface area contributed by atoms with E-state index in [1.165, 1.54) is 12.1 Å². The molecule has 10 heteroatoms. The van der Waals surface area contributed by atoms with Crippen LogP contribution in [0.5, 0.6) is 5.88 Å². The minimum absolute atomic E-state index is 0.0512. The Labute approximate surface area is 158 Å². The quantitative estimate of drug-likeness (QED) is 0.572. The summed E-state index contributed by atoms with van der Waals surface area (Å²) < 4.78 is 46.5. The Bertz CT molecular complexity index is 806. The number of anilines is 2. The van der Waals surface area contributed by atoms with Crippen molar-refractivity contribution in [2.75, 3.05) is 11.9 Å². The van der Waals surface area contributed by atoms with E-state index in [1.807, 2.05) is 0 Å². The molecule has 0 fully saturated rings. The molecule has 146 valence electrons. The second kappa shape index (κ2) is 7.99. The predicted molar refractivity (Wildman–Crippen MR) is 93.5 cm³/mol. The Hall–Kier alpha value is -2.55. The summed E-state index contributed by atoms with van der Waals surface area (Å²) in [6, 6.07) is 7.27. The van der Waals surface area contributed by atoms with Crippen molar-refractivity contribution in [3.8, 4) is 5.88 Å². The second-order valence-electron chi connectivity index (χ2n) is 6.46. The number of hydrogen-bond acceptors (Lipinski definition) is 6. The van der Waals surface area contributed by atoms with Crippen molar-refractivity contribution in [3.05, 3.63) is 41.0 Å². The Morgan fingerprint density at radius 3 is 2.33 bits per heavy atom. The number of hydrogen-bond donors (Lipinski definition) is 1. The van der Waals surface area contributed by atoms with Crippen LogP contribution in [-0.4, -0.2) is 34.3 Å². The second-order valence-corrected chi connectivity index (χ2v) is 6.85. The molecule has 0 aliphatic carbocycles. The number of nitrogens with one attached hydrogen (secondary N) is 1. The summed E-state index contributed by atoms with van der Waals surface area (Å²) in [5.74, 6) is -0.846. The molecule has 0 saturated carbocycles. The molecule has 1 aromatic heterocycles. The topological polar surface area (TPSA) is 73.3 Å². The van der Waals surface area contributed by atoms with Gasteiger partial charge >= 0.3 is 12.1 Å². The molecule has 1 heterocycles. The molecule has 0 amide bonds. The van der Waals surface area contributed by atoms with E-state index in [-0.39, 0.29) is 17.0 Å². The van der Waals surface area contributed by atoms with E-state index in [1.54, 1.807) is 32.9 Å². The fraction of sp³-hybridized carbons (Fsp3) is 0.353. The first-order valence-electron chi connectivity index (χ1n) is 7.76. The van der Waals surface area contributed by atoms with E-state index < -0.39 is 24.4 Å². The van der Waals surface area contributed by atoms with Crippen LogP contribution in [0, 0.1) is 0 Å². The van der Waals surface area contributed by atoms with Crippen molar-refractivity contribution >= 4 is 29.2 Å². The summed E-state index contributed by atoms with van der Waals surface area (Å²) in [4.78, 5) is 19.7. The zero-order chi connectivity index (χ0) is 20.2. The molecule has 0 saturated heterocycles. The van der Waals surface area contributed by atoms with Crippen molar-refractivity contribution in [2.24, 2.45) is 0 Å². The first kappa shape index (κ1) is 20.8. The van der Waals surface area contributed by atoms with Gasteiger partial charge in [0.1, 0.15) is 10.8 Å². The molecule has 0 aliphatic heterocycles. The summed E-state index contributed by atoms with van der Waals surface area (Å²) in [5.41, 5.74) is 0.221. The lowest BCUT2D eigenvalue weighted by Crippen LogP contribution is -2.23. The highest BCUT2D eigenvalue weighted by atomic mass is 35.5. The molecule has 2 aromatic rings. The number of alkyl halides is 3. The summed E-state index contributed by atoms with van der Waals surface area (Å²) in [6.07, 6.45) is -4.50. The van der Waals surface area contributed by atoms with Gasteiger partial charge in [0.2, 0.25) is 11.8 Å². The van der Waals surface area contributed by atoms with E-state index in [9.17, 15) is 18.0 Å². The molecule has 1 aromatic carbocycles. The lowest BCUT2D eigenvalue weighted by atomic mass is 10.1. The van der Waals surface area contributed by atoms with Crippen molar-refractivity contribution in [1.82, 2.24) is 9.97 Å². The number of rotatable bonds is 5. The van der Waals surface area contributed by atoms with Crippen molar-refractivity contribution in [3.63, 3.8) is 0 Å². The molecular weight excluding hydrogens is 387 g/mol. The number of carbonyl (C=O) groups excluding carboxylic acids is 1. The van der Waals surface area contributed by atoms with Crippen LogP contribution in [0.3, 0.4) is 0 Å². The van der Waals surface area contributed by atoms with Crippen LogP contribution >= 0.6 is 11.6 Å². The number of ether oxygens (including phenoxy) is 2. The minimum Gasteiger partial charge on any atom is -0.468 e. The maximum Gasteiger partial charge on any atom is 0.422 e. The third-order valence-electron chi connectivity index (χ3n) is 2.83. The van der Waals surface area contributed by atoms with Crippen LogP contribution in [0.1, 0.15) is 31.1 Å². The maximum atomic E-state index is 12.2. The van der Waals surface area contributed by atoms with E-state index in [0.29, 0.717) is 11.3 Å². The number of aromatic nitrogens is 2. The molecule has 0 spiro atoms. The highest BCUT2D eigenvalue weighted by Gasteiger charge is 2.28. The lowest BCUT2D eigenvalue weighted by Gasteiger charge is -2.19. The van der Waals surface area contributed by atoms with E-state index in [0.717, 1.165) is 6.07 Å². The Balaban J connectivity index is 2.08. The molecule has 0 aliphatic rings. The van der Waals surface area contributed by atoms with E-state index in [2.05, 4.69) is 20.0 Å². The van der Waals surface area contributed by atoms with Crippen molar-refractivity contribution in [2.45, 2.75) is 32.5 Å². The van der Waals surface area contributed by atoms with Gasteiger partial charge in [-0.15, -0.1) is 0 Å². The average Bonchev–Trinajstić information content (AvgIpc) is 2.51. The van der Waals surface area contributed by atoms with Gasteiger partial charge < -0.3 is 14.8 Å². The molecule has 6 nitrogen and oxygen atoms in total. The first-order valence-corrected chi connectivity index (χ1v) is 8.14. The van der Waals surface area contributed by atoms with Gasteiger partial charge in [-0.25, -0.2) is 9.78 Å². The molecule has 27 heavy (non-hydrogen) atoms. The normalized spacial score (nSPS) is 11.8. The first-order chi connectivity index (χ1) is 12.4. The van der Waals surface area contributed by atoms with Gasteiger partial charge in [-0.1, -0.05) is 11.6 Å². The summed E-state index contributed by atoms with van der Waals surface area (Å²) in [5, 5.41) is 2.69. The third kappa shape index (κ3) is 7.30. The van der Waals surface area contributed by atoms with Gasteiger partial charge in [0.15, 0.2) is 6.61 Å². The molecule has 0 bridgehead atoms. The maximum absolute atomic E-state index is 12.2. The van der Waals surface area contributed by atoms with Gasteiger partial charge in [0.25, 0.3) is 0 Å². The van der Waals surface area contributed by atoms with Crippen molar-refractivity contribution < 1.29 is 27.4 Å². The lowest BCUT2D eigenvalue weighted by molar-refractivity contribution is -0.154. The largest absolute Gasteiger partial charge is 0.468 e. The standard InChI is InChI=1S/C17H17ClF3N3O3/c1-16(2,3)27-14(25)10-4-6-11(7-5-10)22-15-23-12(18)8-13(24-15)26-9-17(19,20)21/h4-8H,9H2,1-3H3,(H,22,23,24). The molecule has 0 unspecified atom stereocenters. The van der Waals surface area contributed by atoms with Gasteiger partial charge in [-0.05, 0) is 45.0 Å². The van der Waals surface area contributed by atoms with Crippen LogP contribution in [0.15, 0.2) is 30.3 Å². The van der Waals surface area contributed by atoms with Gasteiger partial charge in [0, 0.05) is 11.8 Å². The molecule has 0 radical (unpaired) electrons. The number of halogens is 4. The summed E-state index contributed by atoms with van der Waals surface area (Å²) >= 11 is 5.78. The van der Waals surface area contributed by atoms with Crippen molar-refractivity contribution in [1.29, 1.82) is 0 Å². The average molecular weight is 404 g/mol. The molecule has 0 atom stereocenters. The van der Waals surface area contributed by atoms with Crippen LogP contribution in [-0.2, 0) is 4.74 Å². The predicted octanol–water partition coefficient (Wildman–Crippen LogP) is 4.77. The smallest absolute Gasteiger partial charge is 0.422 e. The van der Waals surface area contributed by atoms with Crippen LogP contribution < -0.4 is 10.1 Å². The monoisotopic (exact) mass is 403 g/mol. The van der Waals surface area contributed by atoms with Gasteiger partial charge in [-0.3, -0.25) is 0 Å². The minimum atomic E-state index is -4.50. The Morgan fingerprint density at radius 2 is 1.78 bits per heavy atom. The fourth-order valence-electron chi connectivity index (χ4n) is 1.84. The zero-order valence-electron chi connectivity index (χ0n) is 14.7. The third-order valence-corrected chi connectivity index (χ3v) is 3.02. The van der Waals surface area contributed by atoms with E-state index >= 15 is 0 Å². The van der Waals surface area contributed by atoms with E-state index in [4.69, 9.17) is 16.3 Å². The fourth-order valence-corrected chi connectivity index (χ4v) is 2.01. The summed E-state index contributed by atoms with van der Waals surface area (Å²) in [6.45, 7) is 3.78. The molecule has 1 N–H and O–H groups in total. The highest BCUT2D eigenvalue weighted by Crippen LogP contribution is 2.23. The Kier molecular flexibility index (Phi) is 6.15. The van der Waals surface area contributed by atoms with Crippen LogP contribution in [0.2, 0.25) is 5.15 Å². The molecule has 2 rings (SSSR count). The summed E-state index contributed by atoms with van der Waals surface area (Å²) in [7, 11) is 0. The number of nitrogens with zero attached hydrogens (tertiary/aromatic N) is 2. The van der Waals surface area contributed by atoms with Crippen LogP contribution in [0.25, 0.3) is 0 Å². The van der Waals surface area contributed by atoms with Gasteiger partial charge in [0.05, 0.1) is 5.56 Å². The SMILES string of the molecule is CC(C)(C)OC(=O)c1ccc(Nc2nc(Cl)cc(OCC(F)(F)F)n2)cc1. The molecular formula is C17H17ClF3N3O3.